The zero-order valence-corrected chi connectivity index (χ0v) is 20.7. The minimum absolute atomic E-state index is 0.0373. The number of hydrogen-bond donors (Lipinski definition) is 1. The number of esters is 2. The van der Waals surface area contributed by atoms with Gasteiger partial charge in [0.2, 0.25) is 6.79 Å². The summed E-state index contributed by atoms with van der Waals surface area (Å²) in [7, 11) is 1.39. The number of ether oxygens (including phenoxy) is 5. The molecule has 2 aromatic carbocycles. The van der Waals surface area contributed by atoms with E-state index in [1.165, 1.54) is 33.2 Å². The van der Waals surface area contributed by atoms with E-state index < -0.39 is 36.8 Å². The Labute approximate surface area is 214 Å². The van der Waals surface area contributed by atoms with E-state index in [9.17, 15) is 14.4 Å². The molecular weight excluding hydrogens is 480 g/mol. The molecule has 1 unspecified atom stereocenters. The molecule has 2 atom stereocenters. The van der Waals surface area contributed by atoms with Crippen LogP contribution in [0.5, 0.6) is 17.2 Å². The molecule has 1 aromatic heterocycles. The van der Waals surface area contributed by atoms with Crippen LogP contribution in [0.4, 0.5) is 0 Å². The first-order valence-electron chi connectivity index (χ1n) is 11.4. The highest BCUT2D eigenvalue weighted by atomic mass is 16.7. The molecule has 1 heterocycles. The van der Waals surface area contributed by atoms with Gasteiger partial charge in [-0.2, -0.15) is 0 Å². The molecule has 1 N–H and O–H groups in total. The fourth-order valence-electron chi connectivity index (χ4n) is 3.20. The Morgan fingerprint density at radius 1 is 0.946 bits per heavy atom. The average Bonchev–Trinajstić information content (AvgIpc) is 2.91. The van der Waals surface area contributed by atoms with Gasteiger partial charge in [-0.25, -0.2) is 9.78 Å². The van der Waals surface area contributed by atoms with E-state index >= 15 is 0 Å². The summed E-state index contributed by atoms with van der Waals surface area (Å²) in [5, 5.41) is 2.54. The van der Waals surface area contributed by atoms with Crippen LogP contribution in [0.25, 0.3) is 0 Å². The van der Waals surface area contributed by atoms with Crippen LogP contribution < -0.4 is 19.5 Å². The van der Waals surface area contributed by atoms with Crippen molar-refractivity contribution in [3.05, 3.63) is 84.2 Å². The van der Waals surface area contributed by atoms with Gasteiger partial charge in [0.1, 0.15) is 18.4 Å². The second kappa shape index (κ2) is 13.5. The quantitative estimate of drug-likeness (QED) is 0.289. The number of para-hydroxylation sites is 1. The van der Waals surface area contributed by atoms with Crippen molar-refractivity contribution in [1.82, 2.24) is 10.3 Å². The highest BCUT2D eigenvalue weighted by molar-refractivity contribution is 5.98. The van der Waals surface area contributed by atoms with E-state index in [1.807, 2.05) is 60.7 Å². The molecule has 0 spiro atoms. The predicted octanol–water partition coefficient (Wildman–Crippen LogP) is 3.47. The summed E-state index contributed by atoms with van der Waals surface area (Å²) >= 11 is 0. The van der Waals surface area contributed by atoms with Crippen LogP contribution in [0.1, 0.15) is 36.0 Å². The Morgan fingerprint density at radius 2 is 1.62 bits per heavy atom. The Balaban J connectivity index is 1.65. The Bertz CT molecular complexity index is 1190. The number of methoxy groups -OCH3 is 1. The van der Waals surface area contributed by atoms with Crippen LogP contribution in [0.15, 0.2) is 72.9 Å². The second-order valence-corrected chi connectivity index (χ2v) is 7.74. The van der Waals surface area contributed by atoms with Crippen LogP contribution in [0.3, 0.4) is 0 Å². The Kier molecular flexibility index (Phi) is 9.83. The molecular formula is C27H28N2O8. The molecule has 3 rings (SSSR count). The SMILES string of the molecule is COc1ccnc(C(=O)N[C@@H](C)C(=O)OCC(Oc2ccccc2)c2ccccc2)c1OCOC(C)=O. The van der Waals surface area contributed by atoms with Crippen LogP contribution in [0, 0.1) is 0 Å². The summed E-state index contributed by atoms with van der Waals surface area (Å²) in [5.41, 5.74) is 0.673. The van der Waals surface area contributed by atoms with Crippen molar-refractivity contribution in [1.29, 1.82) is 0 Å². The summed E-state index contributed by atoms with van der Waals surface area (Å²) in [6.45, 7) is 2.18. The lowest BCUT2D eigenvalue weighted by molar-refractivity contribution is -0.148. The standard InChI is InChI=1S/C27H28N2O8/c1-18(29-26(31)24-25(36-17-35-19(2)30)22(33-3)14-15-28-24)27(32)34-16-23(20-10-6-4-7-11-20)37-21-12-8-5-9-13-21/h4-15,18,23H,16-17H2,1-3H3,(H,29,31)/t18-,23?/m0/s1. The van der Waals surface area contributed by atoms with Crippen molar-refractivity contribution in [3.63, 3.8) is 0 Å². The maximum Gasteiger partial charge on any atom is 0.328 e. The van der Waals surface area contributed by atoms with Crippen molar-refractivity contribution >= 4 is 17.8 Å². The zero-order chi connectivity index (χ0) is 26.6. The first-order chi connectivity index (χ1) is 17.9. The van der Waals surface area contributed by atoms with E-state index in [1.54, 1.807) is 0 Å². The lowest BCUT2D eigenvalue weighted by atomic mass is 10.1. The van der Waals surface area contributed by atoms with E-state index in [4.69, 9.17) is 23.7 Å². The summed E-state index contributed by atoms with van der Waals surface area (Å²) in [6.07, 6.45) is 0.789. The van der Waals surface area contributed by atoms with Crippen molar-refractivity contribution in [2.24, 2.45) is 0 Å². The number of rotatable bonds is 12. The van der Waals surface area contributed by atoms with Gasteiger partial charge in [-0.3, -0.25) is 9.59 Å². The number of aromatic nitrogens is 1. The monoisotopic (exact) mass is 508 g/mol. The van der Waals surface area contributed by atoms with Crippen LogP contribution in [-0.4, -0.2) is 49.4 Å². The Hall–Kier alpha value is -4.60. The Morgan fingerprint density at radius 3 is 2.27 bits per heavy atom. The predicted molar refractivity (Wildman–Crippen MR) is 132 cm³/mol. The van der Waals surface area contributed by atoms with Crippen molar-refractivity contribution < 1.29 is 38.1 Å². The van der Waals surface area contributed by atoms with E-state index in [-0.39, 0.29) is 23.8 Å². The molecule has 194 valence electrons. The fraction of sp³-hybridized carbons (Fsp3) is 0.259. The second-order valence-electron chi connectivity index (χ2n) is 7.74. The van der Waals surface area contributed by atoms with E-state index in [2.05, 4.69) is 10.3 Å². The lowest BCUT2D eigenvalue weighted by Crippen LogP contribution is -2.40. The molecule has 0 aliphatic rings. The van der Waals surface area contributed by atoms with E-state index in [0.717, 1.165) is 5.56 Å². The maximum atomic E-state index is 12.9. The molecule has 10 nitrogen and oxygen atoms in total. The molecule has 0 radical (unpaired) electrons. The lowest BCUT2D eigenvalue weighted by Gasteiger charge is -2.21. The number of nitrogens with one attached hydrogen (secondary N) is 1. The molecule has 0 saturated heterocycles. The highest BCUT2D eigenvalue weighted by Crippen LogP contribution is 2.29. The minimum Gasteiger partial charge on any atom is -0.493 e. The molecule has 0 aliphatic heterocycles. The number of benzene rings is 2. The topological polar surface area (TPSA) is 122 Å². The molecule has 0 fully saturated rings. The largest absolute Gasteiger partial charge is 0.493 e. The number of carbonyl (C=O) groups is 3. The summed E-state index contributed by atoms with van der Waals surface area (Å²) < 4.78 is 26.9. The fourth-order valence-corrected chi connectivity index (χ4v) is 3.20. The van der Waals surface area contributed by atoms with Gasteiger partial charge >= 0.3 is 11.9 Å². The maximum absolute atomic E-state index is 12.9. The molecule has 0 bridgehead atoms. The van der Waals surface area contributed by atoms with Gasteiger partial charge in [0.05, 0.1) is 7.11 Å². The summed E-state index contributed by atoms with van der Waals surface area (Å²) in [4.78, 5) is 40.7. The van der Waals surface area contributed by atoms with Crippen molar-refractivity contribution in [3.8, 4) is 17.2 Å². The molecule has 37 heavy (non-hydrogen) atoms. The molecule has 0 aliphatic carbocycles. The molecule has 0 saturated carbocycles. The third-order valence-electron chi connectivity index (χ3n) is 5.04. The van der Waals surface area contributed by atoms with Crippen LogP contribution >= 0.6 is 0 Å². The van der Waals surface area contributed by atoms with Gasteiger partial charge in [-0.05, 0) is 24.6 Å². The van der Waals surface area contributed by atoms with Gasteiger partial charge in [0.25, 0.3) is 5.91 Å². The normalized spacial score (nSPS) is 12.0. The first kappa shape index (κ1) is 27.0. The van der Waals surface area contributed by atoms with Crippen LogP contribution in [-0.2, 0) is 19.1 Å². The molecule has 3 aromatic rings. The first-order valence-corrected chi connectivity index (χ1v) is 11.4. The minimum atomic E-state index is -1.02. The van der Waals surface area contributed by atoms with Crippen molar-refractivity contribution in [2.45, 2.75) is 26.0 Å². The zero-order valence-electron chi connectivity index (χ0n) is 20.7. The average molecular weight is 509 g/mol. The van der Waals surface area contributed by atoms with Gasteiger partial charge in [0.15, 0.2) is 23.3 Å². The van der Waals surface area contributed by atoms with Gasteiger partial charge in [-0.1, -0.05) is 48.5 Å². The summed E-state index contributed by atoms with van der Waals surface area (Å²) in [5.74, 6) is -1.15. The van der Waals surface area contributed by atoms with E-state index in [0.29, 0.717) is 5.75 Å². The number of pyridine rings is 1. The number of carbonyl (C=O) groups excluding carboxylic acids is 3. The van der Waals surface area contributed by atoms with Gasteiger partial charge < -0.3 is 29.0 Å². The molecule has 10 heteroatoms. The molecule has 1 amide bonds. The highest BCUT2D eigenvalue weighted by Gasteiger charge is 2.25. The van der Waals surface area contributed by atoms with Crippen molar-refractivity contribution in [2.75, 3.05) is 20.5 Å². The summed E-state index contributed by atoms with van der Waals surface area (Å²) in [6, 6.07) is 19.0. The third-order valence-corrected chi connectivity index (χ3v) is 5.04. The van der Waals surface area contributed by atoms with Crippen LogP contribution in [0.2, 0.25) is 0 Å². The van der Waals surface area contributed by atoms with Gasteiger partial charge in [0, 0.05) is 19.2 Å². The number of hydrogen-bond acceptors (Lipinski definition) is 9. The smallest absolute Gasteiger partial charge is 0.328 e. The van der Waals surface area contributed by atoms with Gasteiger partial charge in [-0.15, -0.1) is 0 Å². The third kappa shape index (κ3) is 7.96. The number of amides is 1. The number of nitrogens with zero attached hydrogens (tertiary/aromatic N) is 1.